The lowest BCUT2D eigenvalue weighted by molar-refractivity contribution is -0.116. The zero-order valence-corrected chi connectivity index (χ0v) is 16.6. The average molecular weight is 378 g/mol. The Morgan fingerprint density at radius 1 is 1.25 bits per heavy atom. The number of rotatable bonds is 4. The van der Waals surface area contributed by atoms with E-state index in [-0.39, 0.29) is 18.0 Å². The van der Waals surface area contributed by atoms with E-state index in [9.17, 15) is 9.59 Å². The van der Waals surface area contributed by atoms with E-state index < -0.39 is 0 Å². The molecule has 0 radical (unpaired) electrons. The number of hydrogen-bond acceptors (Lipinski definition) is 3. The minimum Gasteiger partial charge on any atom is -0.325 e. The van der Waals surface area contributed by atoms with Crippen LogP contribution < -0.4 is 10.9 Å². The zero-order chi connectivity index (χ0) is 19.8. The smallest absolute Gasteiger partial charge is 0.277 e. The van der Waals surface area contributed by atoms with Crippen LogP contribution in [0.15, 0.2) is 41.5 Å². The molecule has 1 atom stereocenters. The highest BCUT2D eigenvalue weighted by atomic mass is 16.2. The van der Waals surface area contributed by atoms with E-state index in [1.54, 1.807) is 16.9 Å². The minimum atomic E-state index is -0.217. The van der Waals surface area contributed by atoms with Crippen LogP contribution in [0.1, 0.15) is 49.9 Å². The zero-order valence-electron chi connectivity index (χ0n) is 16.6. The maximum absolute atomic E-state index is 13.0. The van der Waals surface area contributed by atoms with Gasteiger partial charge in [-0.1, -0.05) is 32.9 Å². The number of anilines is 1. The number of carbonyl (C=O) groups is 1. The molecule has 0 unspecified atom stereocenters. The van der Waals surface area contributed by atoms with E-state index in [2.05, 4.69) is 31.2 Å². The van der Waals surface area contributed by atoms with E-state index in [4.69, 9.17) is 0 Å². The lowest BCUT2D eigenvalue weighted by Gasteiger charge is -2.16. The number of nitrogens with zero attached hydrogens (tertiary/aromatic N) is 3. The Bertz CT molecular complexity index is 1080. The van der Waals surface area contributed by atoms with Gasteiger partial charge >= 0.3 is 0 Å². The second-order valence-corrected chi connectivity index (χ2v) is 8.12. The first-order chi connectivity index (χ1) is 13.4. The van der Waals surface area contributed by atoms with Crippen LogP contribution in [0.5, 0.6) is 0 Å². The number of hydrogen-bond donors (Lipinski definition) is 1. The molecule has 146 valence electrons. The summed E-state index contributed by atoms with van der Waals surface area (Å²) >= 11 is 0. The standard InChI is InChI=1S/C22H26N4O2/c1-14(2)16-5-7-17(8-6-16)23-20(27)13-25-10-11-26-21(22(25)28)18-12-15(3)4-9-19(18)24-26/h5-8,10-11,14-15H,4,9,12-13H2,1-3H3,(H,23,27)/t15-/m1/s1. The van der Waals surface area contributed by atoms with Gasteiger partial charge in [0.15, 0.2) is 0 Å². The van der Waals surface area contributed by atoms with Gasteiger partial charge in [-0.2, -0.15) is 5.10 Å². The maximum atomic E-state index is 13.0. The molecule has 1 aliphatic rings. The summed E-state index contributed by atoms with van der Waals surface area (Å²) in [5.74, 6) is 0.774. The largest absolute Gasteiger partial charge is 0.325 e. The summed E-state index contributed by atoms with van der Waals surface area (Å²) in [6.45, 7) is 6.45. The van der Waals surface area contributed by atoms with Crippen LogP contribution in [0.25, 0.3) is 5.52 Å². The van der Waals surface area contributed by atoms with Gasteiger partial charge in [-0.3, -0.25) is 9.59 Å². The Balaban J connectivity index is 1.56. The predicted octanol–water partition coefficient (Wildman–Crippen LogP) is 3.38. The third kappa shape index (κ3) is 3.46. The number of fused-ring (bicyclic) bond motifs is 3. The van der Waals surface area contributed by atoms with Crippen LogP contribution in [0, 0.1) is 5.92 Å². The molecule has 6 nitrogen and oxygen atoms in total. The first-order valence-electron chi connectivity index (χ1n) is 9.91. The minimum absolute atomic E-state index is 0.0171. The van der Waals surface area contributed by atoms with E-state index in [0.717, 1.165) is 36.2 Å². The molecule has 0 bridgehead atoms. The van der Waals surface area contributed by atoms with Gasteiger partial charge in [-0.25, -0.2) is 4.52 Å². The molecule has 1 amide bonds. The Labute approximate surface area is 164 Å². The molecule has 2 aromatic heterocycles. The summed E-state index contributed by atoms with van der Waals surface area (Å²) in [5.41, 5.74) is 4.47. The molecule has 2 heterocycles. The van der Waals surface area contributed by atoms with Crippen molar-refractivity contribution >= 4 is 17.1 Å². The van der Waals surface area contributed by atoms with Crippen molar-refractivity contribution in [3.05, 3.63) is 63.8 Å². The van der Waals surface area contributed by atoms with Crippen molar-refractivity contribution in [3.8, 4) is 0 Å². The van der Waals surface area contributed by atoms with E-state index in [0.29, 0.717) is 17.4 Å². The number of aryl methyl sites for hydroxylation is 1. The maximum Gasteiger partial charge on any atom is 0.277 e. The van der Waals surface area contributed by atoms with Gasteiger partial charge in [-0.05, 0) is 48.8 Å². The summed E-state index contributed by atoms with van der Waals surface area (Å²) in [4.78, 5) is 25.5. The molecule has 0 saturated carbocycles. The molecule has 1 N–H and O–H groups in total. The fraction of sp³-hybridized carbons (Fsp3) is 0.409. The first kappa shape index (κ1) is 18.5. The molecule has 0 saturated heterocycles. The van der Waals surface area contributed by atoms with Crippen molar-refractivity contribution in [2.45, 2.75) is 52.5 Å². The van der Waals surface area contributed by atoms with Crippen molar-refractivity contribution < 1.29 is 4.79 Å². The molecule has 0 aliphatic heterocycles. The third-order valence-electron chi connectivity index (χ3n) is 5.54. The molecule has 1 aliphatic carbocycles. The summed E-state index contributed by atoms with van der Waals surface area (Å²) in [5, 5.41) is 7.44. The van der Waals surface area contributed by atoms with Crippen molar-refractivity contribution in [1.29, 1.82) is 0 Å². The average Bonchev–Trinajstić information content (AvgIpc) is 3.03. The van der Waals surface area contributed by atoms with Gasteiger partial charge in [0.05, 0.1) is 5.69 Å². The number of benzene rings is 1. The summed E-state index contributed by atoms with van der Waals surface area (Å²) < 4.78 is 3.14. The number of aromatic nitrogens is 3. The third-order valence-corrected chi connectivity index (χ3v) is 5.54. The summed E-state index contributed by atoms with van der Waals surface area (Å²) in [6.07, 6.45) is 6.28. The highest BCUT2D eigenvalue weighted by Gasteiger charge is 2.23. The summed E-state index contributed by atoms with van der Waals surface area (Å²) in [6, 6.07) is 7.82. The first-order valence-corrected chi connectivity index (χ1v) is 9.91. The second kappa shape index (κ2) is 7.26. The fourth-order valence-corrected chi connectivity index (χ4v) is 3.88. The van der Waals surface area contributed by atoms with Gasteiger partial charge < -0.3 is 9.88 Å². The Morgan fingerprint density at radius 2 is 2.00 bits per heavy atom. The van der Waals surface area contributed by atoms with Gasteiger partial charge in [0, 0.05) is 23.6 Å². The molecule has 3 aromatic rings. The normalized spacial score (nSPS) is 16.4. The second-order valence-electron chi connectivity index (χ2n) is 8.12. The fourth-order valence-electron chi connectivity index (χ4n) is 3.88. The molecule has 0 spiro atoms. The van der Waals surface area contributed by atoms with Gasteiger partial charge in [0.1, 0.15) is 12.1 Å². The lowest BCUT2D eigenvalue weighted by Crippen LogP contribution is -2.28. The Hall–Kier alpha value is -2.89. The Morgan fingerprint density at radius 3 is 2.71 bits per heavy atom. The molecule has 1 aromatic carbocycles. The quantitative estimate of drug-likeness (QED) is 0.757. The van der Waals surface area contributed by atoms with Crippen molar-refractivity contribution in [2.75, 3.05) is 5.32 Å². The SMILES string of the molecule is CC(C)c1ccc(NC(=O)Cn2ccn3nc4c(c3c2=O)C[C@H](C)CC4)cc1. The predicted molar refractivity (Wildman–Crippen MR) is 110 cm³/mol. The van der Waals surface area contributed by atoms with E-state index in [1.807, 2.05) is 24.3 Å². The van der Waals surface area contributed by atoms with Crippen molar-refractivity contribution in [2.24, 2.45) is 5.92 Å². The topological polar surface area (TPSA) is 68.4 Å². The van der Waals surface area contributed by atoms with Gasteiger partial charge in [0.2, 0.25) is 5.91 Å². The number of amides is 1. The monoisotopic (exact) mass is 378 g/mol. The summed E-state index contributed by atoms with van der Waals surface area (Å²) in [7, 11) is 0. The highest BCUT2D eigenvalue weighted by molar-refractivity contribution is 5.90. The Kier molecular flexibility index (Phi) is 4.79. The van der Waals surface area contributed by atoms with Crippen LogP contribution >= 0.6 is 0 Å². The molecule has 28 heavy (non-hydrogen) atoms. The molecule has 4 rings (SSSR count). The number of nitrogens with one attached hydrogen (secondary N) is 1. The van der Waals surface area contributed by atoms with Crippen LogP contribution in [0.2, 0.25) is 0 Å². The van der Waals surface area contributed by atoms with Gasteiger partial charge in [0.25, 0.3) is 5.56 Å². The number of carbonyl (C=O) groups excluding carboxylic acids is 1. The van der Waals surface area contributed by atoms with Crippen LogP contribution in [-0.4, -0.2) is 20.1 Å². The van der Waals surface area contributed by atoms with Crippen LogP contribution in [0.3, 0.4) is 0 Å². The van der Waals surface area contributed by atoms with Crippen LogP contribution in [0.4, 0.5) is 5.69 Å². The van der Waals surface area contributed by atoms with E-state index >= 15 is 0 Å². The molecule has 6 heteroatoms. The highest BCUT2D eigenvalue weighted by Crippen LogP contribution is 2.26. The lowest BCUT2D eigenvalue weighted by atomic mass is 9.88. The van der Waals surface area contributed by atoms with Gasteiger partial charge in [-0.15, -0.1) is 0 Å². The molecular weight excluding hydrogens is 352 g/mol. The van der Waals surface area contributed by atoms with Crippen LogP contribution in [-0.2, 0) is 24.2 Å². The van der Waals surface area contributed by atoms with Crippen molar-refractivity contribution in [1.82, 2.24) is 14.2 Å². The molecular formula is C22H26N4O2. The van der Waals surface area contributed by atoms with E-state index in [1.165, 1.54) is 10.1 Å². The molecule has 0 fully saturated rings. The van der Waals surface area contributed by atoms with Crippen molar-refractivity contribution in [3.63, 3.8) is 0 Å².